The Bertz CT molecular complexity index is 3390. The lowest BCUT2D eigenvalue weighted by Crippen LogP contribution is -2.33. The predicted octanol–water partition coefficient (Wildman–Crippen LogP) is 17.4. The van der Waals surface area contributed by atoms with E-state index in [2.05, 4.69) is 285 Å². The summed E-state index contributed by atoms with van der Waals surface area (Å²) in [6.07, 6.45) is 9.46. The van der Waals surface area contributed by atoms with E-state index in [-0.39, 0.29) is 0 Å². The van der Waals surface area contributed by atoms with Gasteiger partial charge < -0.3 is 4.90 Å². The smallest absolute Gasteiger partial charge is 0.0710 e. The molecule has 1 aliphatic carbocycles. The molecule has 67 heavy (non-hydrogen) atoms. The van der Waals surface area contributed by atoms with E-state index in [1.807, 2.05) is 0 Å². The fourth-order valence-electron chi connectivity index (χ4n) is 10.2. The molecule has 1 heteroatoms. The second-order valence-corrected chi connectivity index (χ2v) is 17.3. The lowest BCUT2D eigenvalue weighted by molar-refractivity contribution is 0.733. The van der Waals surface area contributed by atoms with Gasteiger partial charge in [-0.05, 0) is 126 Å². The van der Waals surface area contributed by atoms with Gasteiger partial charge >= 0.3 is 0 Å². The number of fused-ring (bicyclic) bond motifs is 3. The van der Waals surface area contributed by atoms with Crippen molar-refractivity contribution < 1.29 is 0 Å². The molecule has 0 heterocycles. The summed E-state index contributed by atoms with van der Waals surface area (Å²) < 4.78 is 0. The summed E-state index contributed by atoms with van der Waals surface area (Å²) in [7, 11) is 0. The van der Waals surface area contributed by atoms with E-state index in [0.717, 1.165) is 45.7 Å². The van der Waals surface area contributed by atoms with Crippen LogP contribution in [0.5, 0.6) is 0 Å². The summed E-state index contributed by atoms with van der Waals surface area (Å²) in [6.45, 7) is 4.60. The van der Waals surface area contributed by atoms with E-state index in [0.29, 0.717) is 0 Å². The summed E-state index contributed by atoms with van der Waals surface area (Å²) in [5, 5.41) is 2.50. The van der Waals surface area contributed by atoms with Crippen LogP contribution < -0.4 is 4.90 Å². The fourth-order valence-corrected chi connectivity index (χ4v) is 10.2. The Morgan fingerprint density at radius 1 is 0.358 bits per heavy atom. The highest BCUT2D eigenvalue weighted by molar-refractivity contribution is 5.97. The van der Waals surface area contributed by atoms with Crippen molar-refractivity contribution >= 4 is 33.4 Å². The van der Waals surface area contributed by atoms with Crippen LogP contribution in [-0.4, -0.2) is 0 Å². The molecule has 1 unspecified atom stereocenters. The van der Waals surface area contributed by atoms with Crippen molar-refractivity contribution in [2.75, 3.05) is 4.90 Å². The molecule has 0 amide bonds. The van der Waals surface area contributed by atoms with Gasteiger partial charge in [0.05, 0.1) is 5.41 Å². The van der Waals surface area contributed by atoms with E-state index in [1.54, 1.807) is 0 Å². The van der Waals surface area contributed by atoms with Gasteiger partial charge in [0, 0.05) is 17.1 Å². The quantitative estimate of drug-likeness (QED) is 0.147. The summed E-state index contributed by atoms with van der Waals surface area (Å²) in [5.41, 5.74) is 18.1. The Balaban J connectivity index is 0.994. The van der Waals surface area contributed by atoms with Gasteiger partial charge in [-0.25, -0.2) is 0 Å². The van der Waals surface area contributed by atoms with Crippen LogP contribution in [0.3, 0.4) is 0 Å². The molecule has 0 saturated carbocycles. The Morgan fingerprint density at radius 2 is 0.836 bits per heavy atom. The van der Waals surface area contributed by atoms with Gasteiger partial charge in [-0.15, -0.1) is 0 Å². The van der Waals surface area contributed by atoms with E-state index < -0.39 is 5.41 Å². The molecule has 10 aromatic rings. The number of benzene rings is 10. The van der Waals surface area contributed by atoms with Crippen LogP contribution in [-0.2, 0) is 11.8 Å². The molecule has 0 spiro atoms. The topological polar surface area (TPSA) is 3.24 Å². The predicted molar refractivity (Wildman–Crippen MR) is 284 cm³/mol. The molecule has 0 aliphatic heterocycles. The number of hydrogen-bond donors (Lipinski definition) is 0. The summed E-state index contributed by atoms with van der Waals surface area (Å²) in [6, 6.07) is 90.7. The van der Waals surface area contributed by atoms with Gasteiger partial charge in [-0.3, -0.25) is 0 Å². The van der Waals surface area contributed by atoms with Gasteiger partial charge in [0.15, 0.2) is 0 Å². The Kier molecular flexibility index (Phi) is 11.2. The van der Waals surface area contributed by atoms with Crippen molar-refractivity contribution in [3.05, 3.63) is 313 Å². The summed E-state index contributed by atoms with van der Waals surface area (Å²) in [5.74, 6) is 0. The van der Waals surface area contributed by atoms with Crippen LogP contribution in [0, 0.1) is 0 Å². The number of allylic oxidation sites excluding steroid dienone is 5. The second kappa shape index (κ2) is 18.2. The number of anilines is 3. The zero-order valence-corrected chi connectivity index (χ0v) is 37.3. The van der Waals surface area contributed by atoms with Crippen molar-refractivity contribution in [3.8, 4) is 33.4 Å². The molecule has 318 valence electrons. The molecule has 0 N–H and O–H groups in total. The maximum Gasteiger partial charge on any atom is 0.0710 e. The highest BCUT2D eigenvalue weighted by Crippen LogP contribution is 2.49. The highest BCUT2D eigenvalue weighted by Gasteiger charge is 2.41. The minimum atomic E-state index is -0.620. The number of hydrogen-bond acceptors (Lipinski definition) is 1. The molecule has 1 atom stereocenters. The van der Waals surface area contributed by atoms with Crippen LogP contribution >= 0.6 is 0 Å². The molecule has 0 radical (unpaired) electrons. The van der Waals surface area contributed by atoms with Crippen LogP contribution in [0.1, 0.15) is 33.4 Å². The average Bonchev–Trinajstić information content (AvgIpc) is 3.42. The Hall–Kier alpha value is -8.52. The molecular formula is C66H49N. The largest absolute Gasteiger partial charge is 0.311 e. The van der Waals surface area contributed by atoms with E-state index in [1.165, 1.54) is 60.8 Å². The molecule has 10 aromatic carbocycles. The number of nitrogens with zero attached hydrogens (tertiary/aromatic N) is 1. The second-order valence-electron chi connectivity index (χ2n) is 17.3. The zero-order valence-electron chi connectivity index (χ0n) is 37.3. The highest BCUT2D eigenvalue weighted by atomic mass is 15.1. The first-order valence-electron chi connectivity index (χ1n) is 23.2. The molecule has 1 aliphatic rings. The van der Waals surface area contributed by atoms with Crippen molar-refractivity contribution in [2.24, 2.45) is 0 Å². The third-order valence-electron chi connectivity index (χ3n) is 13.4. The first-order chi connectivity index (χ1) is 33.1. The monoisotopic (exact) mass is 855 g/mol. The first kappa shape index (κ1) is 41.2. The SMILES string of the molecule is C=C1/C=C\C=C/Cc2ccccc2C(c2ccccc2)(c2ccc(-c3ccc(N(c4ccc(-c5ccccc5)cc4)c4ccc(-c5cccc6ccccc56)cc4)cc3)cc2)c2ccccc21. The maximum absolute atomic E-state index is 4.60. The van der Waals surface area contributed by atoms with Crippen LogP contribution in [0.4, 0.5) is 17.1 Å². The first-order valence-corrected chi connectivity index (χ1v) is 23.2. The molecule has 0 bridgehead atoms. The normalized spacial score (nSPS) is 15.4. The molecule has 11 rings (SSSR count). The third kappa shape index (κ3) is 7.81. The summed E-state index contributed by atoms with van der Waals surface area (Å²) >= 11 is 0. The van der Waals surface area contributed by atoms with Crippen LogP contribution in [0.2, 0.25) is 0 Å². The molecule has 0 saturated heterocycles. The molecule has 0 aromatic heterocycles. The maximum atomic E-state index is 4.60. The zero-order chi connectivity index (χ0) is 45.0. The lowest BCUT2D eigenvalue weighted by atomic mass is 9.62. The Morgan fingerprint density at radius 3 is 1.51 bits per heavy atom. The van der Waals surface area contributed by atoms with Gasteiger partial charge in [-0.2, -0.15) is 0 Å². The van der Waals surface area contributed by atoms with Gasteiger partial charge in [-0.1, -0.05) is 243 Å². The van der Waals surface area contributed by atoms with Crippen molar-refractivity contribution in [1.82, 2.24) is 0 Å². The standard InChI is InChI=1S/C66H49N/c1-48-18-5-2-8-22-55-23-12-15-30-64(55)66(56-25-9-4-10-26-56,65-31-16-14-27-61(48)65)57-40-32-50(33-41-57)52-36-44-59(45-37-52)67(58-42-34-51(35-43-58)49-19-6-3-7-20-49)60-46-38-54(39-47-60)63-29-17-24-53-21-11-13-28-62(53)63/h2-21,23-47H,1,22H2/b8-2-,18-5-. The van der Waals surface area contributed by atoms with Crippen molar-refractivity contribution in [1.29, 1.82) is 0 Å². The molecule has 0 fully saturated rings. The van der Waals surface area contributed by atoms with Crippen molar-refractivity contribution in [2.45, 2.75) is 11.8 Å². The van der Waals surface area contributed by atoms with Crippen molar-refractivity contribution in [3.63, 3.8) is 0 Å². The number of rotatable bonds is 8. The summed E-state index contributed by atoms with van der Waals surface area (Å²) in [4.78, 5) is 2.35. The van der Waals surface area contributed by atoms with Gasteiger partial charge in [0.1, 0.15) is 0 Å². The van der Waals surface area contributed by atoms with Gasteiger partial charge in [0.25, 0.3) is 0 Å². The average molecular weight is 856 g/mol. The van der Waals surface area contributed by atoms with Crippen LogP contribution in [0.15, 0.2) is 280 Å². The van der Waals surface area contributed by atoms with E-state index in [9.17, 15) is 0 Å². The van der Waals surface area contributed by atoms with Crippen LogP contribution in [0.25, 0.3) is 49.7 Å². The fraction of sp³-hybridized carbons (Fsp3) is 0.0303. The molecular weight excluding hydrogens is 807 g/mol. The minimum Gasteiger partial charge on any atom is -0.311 e. The third-order valence-corrected chi connectivity index (χ3v) is 13.4. The Labute approximate surface area is 394 Å². The lowest BCUT2D eigenvalue weighted by Gasteiger charge is -2.39. The van der Waals surface area contributed by atoms with E-state index in [4.69, 9.17) is 0 Å². The van der Waals surface area contributed by atoms with Gasteiger partial charge in [0.2, 0.25) is 0 Å². The van der Waals surface area contributed by atoms with E-state index >= 15 is 0 Å². The minimum absolute atomic E-state index is 0.620. The molecule has 1 nitrogen and oxygen atoms in total.